The van der Waals surface area contributed by atoms with Crippen molar-refractivity contribution < 1.29 is 18.3 Å². The third-order valence-corrected chi connectivity index (χ3v) is 3.00. The lowest BCUT2D eigenvalue weighted by Gasteiger charge is -2.38. The number of aromatic nitrogens is 1. The molecule has 17 heavy (non-hydrogen) atoms. The second kappa shape index (κ2) is 4.91. The smallest absolute Gasteiger partial charge is 0.251 e. The maximum Gasteiger partial charge on any atom is 0.251 e. The van der Waals surface area contributed by atoms with E-state index in [0.717, 1.165) is 19.3 Å². The van der Waals surface area contributed by atoms with E-state index in [1.54, 1.807) is 0 Å². The summed E-state index contributed by atoms with van der Waals surface area (Å²) in [5.74, 6) is -3.74. The lowest BCUT2D eigenvalue weighted by molar-refractivity contribution is 0.281. The summed E-state index contributed by atoms with van der Waals surface area (Å²) in [7, 11) is 0. The number of anilines is 1. The molecule has 1 aromatic heterocycles. The summed E-state index contributed by atoms with van der Waals surface area (Å²) in [4.78, 5) is 4.79. The molecule has 0 radical (unpaired) electrons. The van der Waals surface area contributed by atoms with Crippen molar-refractivity contribution in [1.29, 1.82) is 0 Å². The van der Waals surface area contributed by atoms with Gasteiger partial charge in [-0.25, -0.2) is 8.78 Å². The molecule has 0 bridgehead atoms. The Morgan fingerprint density at radius 2 is 2.00 bits per heavy atom. The molecule has 1 fully saturated rings. The maximum atomic E-state index is 13.5. The number of pyridine rings is 1. The van der Waals surface area contributed by atoms with Crippen LogP contribution in [0.3, 0.4) is 0 Å². The molecule has 1 aliphatic carbocycles. The van der Waals surface area contributed by atoms with Crippen LogP contribution in [0.5, 0.6) is 0 Å². The van der Waals surface area contributed by atoms with Gasteiger partial charge in [0.15, 0.2) is 17.5 Å². The van der Waals surface area contributed by atoms with Crippen LogP contribution in [0.4, 0.5) is 19.0 Å². The molecule has 2 rings (SSSR count). The first kappa shape index (κ1) is 12.2. The van der Waals surface area contributed by atoms with E-state index in [9.17, 15) is 13.2 Å². The minimum atomic E-state index is -1.32. The van der Waals surface area contributed by atoms with Gasteiger partial charge in [-0.15, -0.1) is 0 Å². The van der Waals surface area contributed by atoms with Crippen LogP contribution < -0.4 is 4.90 Å². The Morgan fingerprint density at radius 3 is 2.53 bits per heavy atom. The zero-order valence-corrected chi connectivity index (χ0v) is 9.17. The fraction of sp³-hybridized carbons (Fsp3) is 0.545. The average molecular weight is 246 g/mol. The quantitative estimate of drug-likeness (QED) is 0.824. The van der Waals surface area contributed by atoms with Gasteiger partial charge in [-0.2, -0.15) is 9.37 Å². The van der Waals surface area contributed by atoms with E-state index in [1.807, 2.05) is 0 Å². The zero-order valence-electron chi connectivity index (χ0n) is 9.17. The van der Waals surface area contributed by atoms with Gasteiger partial charge in [0, 0.05) is 18.7 Å². The first-order valence-corrected chi connectivity index (χ1v) is 5.52. The molecule has 1 aliphatic rings. The second-order valence-corrected chi connectivity index (χ2v) is 4.07. The lowest BCUT2D eigenvalue weighted by atomic mass is 9.91. The Hall–Kier alpha value is -1.30. The van der Waals surface area contributed by atoms with E-state index >= 15 is 0 Å². The average Bonchev–Trinajstić information content (AvgIpc) is 2.20. The maximum absolute atomic E-state index is 13.5. The summed E-state index contributed by atoms with van der Waals surface area (Å²) < 4.78 is 39.3. The molecule has 1 saturated carbocycles. The molecular formula is C11H13F3N2O. The number of hydrogen-bond acceptors (Lipinski definition) is 3. The van der Waals surface area contributed by atoms with Gasteiger partial charge >= 0.3 is 0 Å². The highest BCUT2D eigenvalue weighted by molar-refractivity contribution is 5.42. The Kier molecular flexibility index (Phi) is 3.51. The number of rotatable bonds is 4. The first-order chi connectivity index (χ1) is 8.13. The molecular weight excluding hydrogens is 233 g/mol. The summed E-state index contributed by atoms with van der Waals surface area (Å²) in [6.45, 7) is -0.0176. The largest absolute Gasteiger partial charge is 0.395 e. The van der Waals surface area contributed by atoms with Crippen molar-refractivity contribution in [2.45, 2.75) is 25.3 Å². The molecule has 1 aromatic rings. The fourth-order valence-electron chi connectivity index (χ4n) is 1.90. The highest BCUT2D eigenvalue weighted by Crippen LogP contribution is 2.30. The summed E-state index contributed by atoms with van der Waals surface area (Å²) in [6, 6.07) is 0.537. The highest BCUT2D eigenvalue weighted by atomic mass is 19.2. The highest BCUT2D eigenvalue weighted by Gasteiger charge is 2.28. The van der Waals surface area contributed by atoms with Crippen LogP contribution in [-0.2, 0) is 0 Å². The summed E-state index contributed by atoms with van der Waals surface area (Å²) in [5.41, 5.74) is 0. The van der Waals surface area contributed by atoms with Gasteiger partial charge in [0.2, 0.25) is 0 Å². The van der Waals surface area contributed by atoms with Crippen LogP contribution in [0, 0.1) is 17.6 Å². The molecule has 0 aliphatic heterocycles. The van der Waals surface area contributed by atoms with Crippen LogP contribution in [0.15, 0.2) is 6.07 Å². The minimum absolute atomic E-state index is 0.0500. The van der Waals surface area contributed by atoms with E-state index in [2.05, 4.69) is 4.98 Å². The number of hydrogen-bond donors (Lipinski definition) is 1. The number of aliphatic hydroxyl groups excluding tert-OH is 1. The van der Waals surface area contributed by atoms with Crippen molar-refractivity contribution in [3.63, 3.8) is 0 Å². The van der Waals surface area contributed by atoms with E-state index in [0.29, 0.717) is 6.07 Å². The topological polar surface area (TPSA) is 36.4 Å². The molecule has 0 spiro atoms. The van der Waals surface area contributed by atoms with Gasteiger partial charge in [0.1, 0.15) is 0 Å². The van der Waals surface area contributed by atoms with Crippen molar-refractivity contribution in [3.05, 3.63) is 23.6 Å². The molecule has 3 nitrogen and oxygen atoms in total. The standard InChI is InChI=1S/C11H13F3N2O/c12-8-6-9(13)11(15-10(8)14)16(4-5-17)7-2-1-3-7/h6-7,17H,1-5H2. The molecule has 6 heteroatoms. The number of aliphatic hydroxyl groups is 1. The third kappa shape index (κ3) is 2.36. The van der Waals surface area contributed by atoms with Crippen molar-refractivity contribution >= 4 is 5.82 Å². The van der Waals surface area contributed by atoms with E-state index in [-0.39, 0.29) is 25.0 Å². The molecule has 0 aromatic carbocycles. The van der Waals surface area contributed by atoms with Crippen molar-refractivity contribution in [2.75, 3.05) is 18.1 Å². The zero-order chi connectivity index (χ0) is 12.4. The van der Waals surface area contributed by atoms with Gasteiger partial charge in [0.05, 0.1) is 6.61 Å². The minimum Gasteiger partial charge on any atom is -0.395 e. The van der Waals surface area contributed by atoms with Crippen molar-refractivity contribution in [1.82, 2.24) is 4.98 Å². The Bertz CT molecular complexity index is 410. The van der Waals surface area contributed by atoms with Crippen LogP contribution in [0.25, 0.3) is 0 Å². The SMILES string of the molecule is OCCN(c1nc(F)c(F)cc1F)C1CCC1. The normalized spacial score (nSPS) is 15.8. The van der Waals surface area contributed by atoms with Gasteiger partial charge < -0.3 is 10.0 Å². The van der Waals surface area contributed by atoms with Crippen LogP contribution in [0.1, 0.15) is 19.3 Å². The predicted octanol–water partition coefficient (Wildman–Crippen LogP) is 1.85. The number of nitrogens with zero attached hydrogens (tertiary/aromatic N) is 2. The summed E-state index contributed by atoms with van der Waals surface area (Å²) >= 11 is 0. The van der Waals surface area contributed by atoms with Gasteiger partial charge in [-0.3, -0.25) is 0 Å². The number of halogens is 3. The fourth-order valence-corrected chi connectivity index (χ4v) is 1.90. The summed E-state index contributed by atoms with van der Waals surface area (Å²) in [6.07, 6.45) is 2.71. The van der Waals surface area contributed by atoms with Crippen LogP contribution >= 0.6 is 0 Å². The second-order valence-electron chi connectivity index (χ2n) is 4.07. The Labute approximate surface area is 96.9 Å². The van der Waals surface area contributed by atoms with E-state index in [1.165, 1.54) is 4.90 Å². The molecule has 1 N–H and O–H groups in total. The predicted molar refractivity (Wildman–Crippen MR) is 56.2 cm³/mol. The van der Waals surface area contributed by atoms with Crippen molar-refractivity contribution in [3.8, 4) is 0 Å². The molecule has 94 valence electrons. The van der Waals surface area contributed by atoms with Gasteiger partial charge in [0.25, 0.3) is 5.95 Å². The van der Waals surface area contributed by atoms with Gasteiger partial charge in [-0.1, -0.05) is 0 Å². The lowest BCUT2D eigenvalue weighted by Crippen LogP contribution is -2.43. The molecule has 0 unspecified atom stereocenters. The Balaban J connectivity index is 2.31. The third-order valence-electron chi connectivity index (χ3n) is 3.00. The van der Waals surface area contributed by atoms with E-state index in [4.69, 9.17) is 5.11 Å². The molecule has 0 atom stereocenters. The van der Waals surface area contributed by atoms with Gasteiger partial charge in [-0.05, 0) is 19.3 Å². The Morgan fingerprint density at radius 1 is 1.29 bits per heavy atom. The first-order valence-electron chi connectivity index (χ1n) is 5.52. The summed E-state index contributed by atoms with van der Waals surface area (Å²) in [5, 5.41) is 8.92. The molecule has 0 amide bonds. The van der Waals surface area contributed by atoms with Crippen LogP contribution in [-0.4, -0.2) is 29.3 Å². The van der Waals surface area contributed by atoms with Crippen LogP contribution in [0.2, 0.25) is 0 Å². The van der Waals surface area contributed by atoms with Crippen molar-refractivity contribution in [2.24, 2.45) is 0 Å². The van der Waals surface area contributed by atoms with E-state index < -0.39 is 17.6 Å². The monoisotopic (exact) mass is 246 g/mol. The molecule has 0 saturated heterocycles. The molecule has 1 heterocycles.